The Morgan fingerprint density at radius 3 is 2.32 bits per heavy atom. The van der Waals surface area contributed by atoms with Crippen molar-refractivity contribution in [2.24, 2.45) is 11.8 Å². The summed E-state index contributed by atoms with van der Waals surface area (Å²) in [5.74, 6) is 0.310. The highest BCUT2D eigenvalue weighted by Crippen LogP contribution is 2.33. The van der Waals surface area contributed by atoms with Gasteiger partial charge in [0.25, 0.3) is 0 Å². The maximum Gasteiger partial charge on any atom is 0.573 e. The fraction of sp³-hybridized carbons (Fsp3) is 0.444. The van der Waals surface area contributed by atoms with Gasteiger partial charge in [-0.3, -0.25) is 9.78 Å². The Morgan fingerprint density at radius 1 is 0.946 bits per heavy atom. The zero-order chi connectivity index (χ0) is 26.0. The highest BCUT2D eigenvalue weighted by molar-refractivity contribution is 5.91. The van der Waals surface area contributed by atoms with Crippen molar-refractivity contribution < 1.29 is 27.5 Å². The quantitative estimate of drug-likeness (QED) is 0.572. The van der Waals surface area contributed by atoms with Crippen LogP contribution in [0.25, 0.3) is 6.08 Å². The normalized spacial score (nSPS) is 22.0. The third-order valence-electron chi connectivity index (χ3n) is 7.47. The molecule has 1 aromatic heterocycles. The number of hydrogen-bond acceptors (Lipinski definition) is 4. The second-order valence-electron chi connectivity index (χ2n) is 9.84. The first-order valence-electron chi connectivity index (χ1n) is 12.5. The zero-order valence-electron chi connectivity index (χ0n) is 20.4. The van der Waals surface area contributed by atoms with Crippen LogP contribution in [0.3, 0.4) is 0 Å². The SMILES string of the molecule is O=C(/C=C/c1ccc(OC(F)(F)F)cc1)N1CCC2CN(C(=O)N3CCc4ncccc4C3)CC2CC1. The van der Waals surface area contributed by atoms with Crippen LogP contribution in [0.1, 0.15) is 29.7 Å². The van der Waals surface area contributed by atoms with E-state index in [2.05, 4.69) is 9.72 Å². The van der Waals surface area contributed by atoms with Gasteiger partial charge in [0.2, 0.25) is 5.91 Å². The molecular formula is C27H29F3N4O3. The summed E-state index contributed by atoms with van der Waals surface area (Å²) in [5.41, 5.74) is 2.80. The number of carbonyl (C=O) groups excluding carboxylic acids is 2. The molecule has 2 fully saturated rings. The topological polar surface area (TPSA) is 66.0 Å². The summed E-state index contributed by atoms with van der Waals surface area (Å²) in [7, 11) is 0. The molecular weight excluding hydrogens is 485 g/mol. The number of benzene rings is 1. The summed E-state index contributed by atoms with van der Waals surface area (Å²) >= 11 is 0. The Kier molecular flexibility index (Phi) is 7.08. The molecule has 10 heteroatoms. The van der Waals surface area contributed by atoms with Gasteiger partial charge >= 0.3 is 12.4 Å². The molecule has 4 heterocycles. The summed E-state index contributed by atoms with van der Waals surface area (Å²) in [5, 5.41) is 0. The van der Waals surface area contributed by atoms with E-state index in [0.29, 0.717) is 56.7 Å². The standard InChI is InChI=1S/C27H29F3N4O3/c28-27(29,30)37-23-6-3-19(4-7-23)5-8-25(35)32-13-9-20-16-34(17-21(20)10-14-32)26(36)33-15-11-24-22(18-33)2-1-12-31-24/h1-8,12,20-21H,9-11,13-18H2/b8-5+. The Bertz CT molecular complexity index is 1150. The maximum atomic E-state index is 13.2. The molecule has 0 bridgehead atoms. The molecule has 2 atom stereocenters. The van der Waals surface area contributed by atoms with E-state index < -0.39 is 6.36 Å². The van der Waals surface area contributed by atoms with Crippen molar-refractivity contribution in [1.82, 2.24) is 19.7 Å². The molecule has 0 saturated carbocycles. The molecule has 0 radical (unpaired) electrons. The van der Waals surface area contributed by atoms with Gasteiger partial charge in [-0.05, 0) is 60.1 Å². The Labute approximate surface area is 213 Å². The molecule has 5 rings (SSSR count). The maximum absolute atomic E-state index is 13.2. The first kappa shape index (κ1) is 25.1. The van der Waals surface area contributed by atoms with Crippen molar-refractivity contribution in [3.05, 3.63) is 65.5 Å². The van der Waals surface area contributed by atoms with Crippen molar-refractivity contribution in [2.45, 2.75) is 32.2 Å². The molecule has 2 aromatic rings. The fourth-order valence-corrected chi connectivity index (χ4v) is 5.51. The van der Waals surface area contributed by atoms with Crippen molar-refractivity contribution in [3.63, 3.8) is 0 Å². The van der Waals surface area contributed by atoms with Gasteiger partial charge in [0.1, 0.15) is 5.75 Å². The lowest BCUT2D eigenvalue weighted by molar-refractivity contribution is -0.274. The number of carbonyl (C=O) groups is 2. The van der Waals surface area contributed by atoms with E-state index in [9.17, 15) is 22.8 Å². The third-order valence-corrected chi connectivity index (χ3v) is 7.47. The molecule has 196 valence electrons. The van der Waals surface area contributed by atoms with E-state index in [-0.39, 0.29) is 17.7 Å². The van der Waals surface area contributed by atoms with Crippen LogP contribution in [0.2, 0.25) is 0 Å². The molecule has 1 aromatic carbocycles. The number of alkyl halides is 3. The van der Waals surface area contributed by atoms with Gasteiger partial charge in [-0.2, -0.15) is 0 Å². The molecule has 3 aliphatic rings. The molecule has 7 nitrogen and oxygen atoms in total. The van der Waals surface area contributed by atoms with Crippen LogP contribution in [0.4, 0.5) is 18.0 Å². The Balaban J connectivity index is 1.11. The number of fused-ring (bicyclic) bond motifs is 2. The van der Waals surface area contributed by atoms with Gasteiger partial charge in [-0.15, -0.1) is 13.2 Å². The minimum Gasteiger partial charge on any atom is -0.406 e. The van der Waals surface area contributed by atoms with Crippen molar-refractivity contribution in [3.8, 4) is 5.75 Å². The van der Waals surface area contributed by atoms with E-state index in [1.165, 1.54) is 30.3 Å². The number of likely N-dealkylation sites (tertiary alicyclic amines) is 2. The zero-order valence-corrected chi connectivity index (χ0v) is 20.4. The van der Waals surface area contributed by atoms with E-state index >= 15 is 0 Å². The largest absolute Gasteiger partial charge is 0.573 e. The minimum absolute atomic E-state index is 0.0881. The van der Waals surface area contributed by atoms with Crippen LogP contribution >= 0.6 is 0 Å². The molecule has 3 amide bonds. The lowest BCUT2D eigenvalue weighted by Crippen LogP contribution is -2.45. The molecule has 2 unspecified atom stereocenters. The number of amides is 3. The van der Waals surface area contributed by atoms with E-state index in [1.54, 1.807) is 12.3 Å². The number of aromatic nitrogens is 1. The molecule has 3 aliphatic heterocycles. The lowest BCUT2D eigenvalue weighted by Gasteiger charge is -2.32. The monoisotopic (exact) mass is 514 g/mol. The Hall–Kier alpha value is -3.56. The highest BCUT2D eigenvalue weighted by Gasteiger charge is 2.39. The number of hydrogen-bond donors (Lipinski definition) is 0. The van der Waals surface area contributed by atoms with Crippen LogP contribution in [0, 0.1) is 11.8 Å². The highest BCUT2D eigenvalue weighted by atomic mass is 19.4. The number of rotatable bonds is 3. The molecule has 0 aliphatic carbocycles. The summed E-state index contributed by atoms with van der Waals surface area (Å²) in [6.07, 6.45) is 2.56. The van der Waals surface area contributed by atoms with Crippen LogP contribution < -0.4 is 4.74 Å². The number of nitrogens with zero attached hydrogens (tertiary/aromatic N) is 4. The van der Waals surface area contributed by atoms with Gasteiger partial charge in [0, 0.05) is 63.7 Å². The van der Waals surface area contributed by atoms with Gasteiger partial charge in [-0.25, -0.2) is 4.79 Å². The summed E-state index contributed by atoms with van der Waals surface area (Å²) < 4.78 is 40.8. The Morgan fingerprint density at radius 2 is 1.65 bits per heavy atom. The van der Waals surface area contributed by atoms with E-state index in [4.69, 9.17) is 0 Å². The average molecular weight is 515 g/mol. The van der Waals surface area contributed by atoms with Gasteiger partial charge in [0.15, 0.2) is 0 Å². The fourth-order valence-electron chi connectivity index (χ4n) is 5.51. The first-order chi connectivity index (χ1) is 17.7. The smallest absolute Gasteiger partial charge is 0.406 e. The van der Waals surface area contributed by atoms with E-state index in [0.717, 1.165) is 30.5 Å². The number of ether oxygens (including phenoxy) is 1. The molecule has 2 saturated heterocycles. The van der Waals surface area contributed by atoms with E-state index in [1.807, 2.05) is 26.8 Å². The second-order valence-corrected chi connectivity index (χ2v) is 9.84. The van der Waals surface area contributed by atoms with Gasteiger partial charge < -0.3 is 19.4 Å². The van der Waals surface area contributed by atoms with Crippen molar-refractivity contribution in [2.75, 3.05) is 32.7 Å². The molecule has 0 spiro atoms. The molecule has 37 heavy (non-hydrogen) atoms. The number of halogens is 3. The summed E-state index contributed by atoms with van der Waals surface area (Å²) in [4.78, 5) is 36.1. The van der Waals surface area contributed by atoms with Crippen LogP contribution in [-0.2, 0) is 17.8 Å². The van der Waals surface area contributed by atoms with Crippen molar-refractivity contribution >= 4 is 18.0 Å². The second kappa shape index (κ2) is 10.4. The predicted molar refractivity (Wildman–Crippen MR) is 130 cm³/mol. The molecule has 0 N–H and O–H groups in total. The summed E-state index contributed by atoms with van der Waals surface area (Å²) in [6, 6.07) is 9.42. The third kappa shape index (κ3) is 6.06. The van der Waals surface area contributed by atoms with Gasteiger partial charge in [0.05, 0.1) is 0 Å². The lowest BCUT2D eigenvalue weighted by atomic mass is 9.92. The van der Waals surface area contributed by atoms with Crippen LogP contribution in [-0.4, -0.2) is 70.7 Å². The number of pyridine rings is 1. The average Bonchev–Trinajstić information content (AvgIpc) is 3.19. The van der Waals surface area contributed by atoms with Crippen molar-refractivity contribution in [1.29, 1.82) is 0 Å². The summed E-state index contributed by atoms with van der Waals surface area (Å²) in [6.45, 7) is 3.94. The predicted octanol–water partition coefficient (Wildman–Crippen LogP) is 4.34. The minimum atomic E-state index is -4.74. The first-order valence-corrected chi connectivity index (χ1v) is 12.5. The van der Waals surface area contributed by atoms with Crippen LogP contribution in [0.5, 0.6) is 5.75 Å². The van der Waals surface area contributed by atoms with Gasteiger partial charge in [-0.1, -0.05) is 18.2 Å². The van der Waals surface area contributed by atoms with Crippen LogP contribution in [0.15, 0.2) is 48.7 Å². The number of urea groups is 1.